The van der Waals surface area contributed by atoms with Gasteiger partial charge in [0.25, 0.3) is 0 Å². The van der Waals surface area contributed by atoms with Gasteiger partial charge in [0.05, 0.1) is 11.9 Å². The number of nitrogens with zero attached hydrogens (tertiary/aromatic N) is 2. The fraction of sp³-hybridized carbons (Fsp3) is 0.417. The number of hydrogen-bond acceptors (Lipinski definition) is 4. The molecule has 2 aromatic rings. The first-order valence-corrected chi connectivity index (χ1v) is 13.0. The molecule has 0 heterocycles. The Morgan fingerprint density at radius 2 is 1.79 bits per heavy atom. The predicted molar refractivity (Wildman–Crippen MR) is 133 cm³/mol. The SMILES string of the molecule is CCCNC(=O)[C@@H](C)N(Cc1ccccc1Cl)C(=O)CN(c1cc(C)ccc1C)S(C)(=O)=O. The van der Waals surface area contributed by atoms with Crippen molar-refractivity contribution in [3.8, 4) is 0 Å². The summed E-state index contributed by atoms with van der Waals surface area (Å²) in [5.74, 6) is -0.810. The molecule has 7 nitrogen and oxygen atoms in total. The minimum atomic E-state index is -3.77. The van der Waals surface area contributed by atoms with Crippen LogP contribution in [0.15, 0.2) is 42.5 Å². The maximum atomic E-state index is 13.5. The van der Waals surface area contributed by atoms with E-state index < -0.39 is 28.5 Å². The number of aryl methyl sites for hydroxylation is 2. The van der Waals surface area contributed by atoms with Gasteiger partial charge >= 0.3 is 0 Å². The number of halogens is 1. The Labute approximate surface area is 201 Å². The van der Waals surface area contributed by atoms with Crippen LogP contribution in [0.25, 0.3) is 0 Å². The highest BCUT2D eigenvalue weighted by Gasteiger charge is 2.30. The quantitative estimate of drug-likeness (QED) is 0.547. The molecule has 9 heteroatoms. The number of carbonyl (C=O) groups excluding carboxylic acids is 2. The Morgan fingerprint density at radius 1 is 1.12 bits per heavy atom. The van der Waals surface area contributed by atoms with Gasteiger partial charge in [-0.05, 0) is 56.0 Å². The van der Waals surface area contributed by atoms with E-state index in [0.29, 0.717) is 22.8 Å². The van der Waals surface area contributed by atoms with E-state index in [1.807, 2.05) is 26.0 Å². The van der Waals surface area contributed by atoms with Gasteiger partial charge in [0.15, 0.2) is 0 Å². The number of benzene rings is 2. The van der Waals surface area contributed by atoms with Crippen molar-refractivity contribution in [2.45, 2.75) is 46.7 Å². The first-order chi connectivity index (χ1) is 15.5. The smallest absolute Gasteiger partial charge is 0.244 e. The van der Waals surface area contributed by atoms with Crippen molar-refractivity contribution in [2.75, 3.05) is 23.7 Å². The normalized spacial score (nSPS) is 12.2. The van der Waals surface area contributed by atoms with E-state index >= 15 is 0 Å². The lowest BCUT2D eigenvalue weighted by Gasteiger charge is -2.32. The minimum Gasteiger partial charge on any atom is -0.354 e. The molecular weight excluding hydrogens is 462 g/mol. The third-order valence-electron chi connectivity index (χ3n) is 5.33. The Kier molecular flexibility index (Phi) is 9.31. The average Bonchev–Trinajstić information content (AvgIpc) is 2.75. The second kappa shape index (κ2) is 11.5. The van der Waals surface area contributed by atoms with Crippen molar-refractivity contribution < 1.29 is 18.0 Å². The fourth-order valence-electron chi connectivity index (χ4n) is 3.37. The second-order valence-electron chi connectivity index (χ2n) is 8.14. The van der Waals surface area contributed by atoms with Crippen LogP contribution in [-0.4, -0.2) is 50.5 Å². The number of carbonyl (C=O) groups is 2. The summed E-state index contributed by atoms with van der Waals surface area (Å²) in [5.41, 5.74) is 2.70. The molecule has 0 aromatic heterocycles. The van der Waals surface area contributed by atoms with Crippen LogP contribution in [0, 0.1) is 13.8 Å². The highest BCUT2D eigenvalue weighted by molar-refractivity contribution is 7.92. The molecule has 1 atom stereocenters. The topological polar surface area (TPSA) is 86.8 Å². The standard InChI is InChI=1S/C24H32ClN3O4S/c1-6-13-26-24(30)19(4)27(15-20-9-7-8-10-21(20)25)23(29)16-28(33(5,31)32)22-14-17(2)11-12-18(22)3/h7-12,14,19H,6,13,15-16H2,1-5H3,(H,26,30)/t19-/m1/s1. The van der Waals surface area contributed by atoms with E-state index in [4.69, 9.17) is 11.6 Å². The molecule has 1 N–H and O–H groups in total. The minimum absolute atomic E-state index is 0.0730. The lowest BCUT2D eigenvalue weighted by Crippen LogP contribution is -2.51. The van der Waals surface area contributed by atoms with Crippen LogP contribution in [0.2, 0.25) is 5.02 Å². The summed E-state index contributed by atoms with van der Waals surface area (Å²) in [5, 5.41) is 3.27. The molecule has 0 aliphatic rings. The molecule has 2 rings (SSSR count). The van der Waals surface area contributed by atoms with E-state index in [2.05, 4.69) is 5.32 Å². The lowest BCUT2D eigenvalue weighted by molar-refractivity contribution is -0.139. The summed E-state index contributed by atoms with van der Waals surface area (Å²) in [4.78, 5) is 27.6. The monoisotopic (exact) mass is 493 g/mol. The third kappa shape index (κ3) is 7.20. The number of hydrogen-bond donors (Lipinski definition) is 1. The van der Waals surface area contributed by atoms with Crippen molar-refractivity contribution in [2.24, 2.45) is 0 Å². The highest BCUT2D eigenvalue weighted by Crippen LogP contribution is 2.25. The Bertz CT molecular complexity index is 1100. The van der Waals surface area contributed by atoms with Crippen molar-refractivity contribution >= 4 is 39.1 Å². The van der Waals surface area contributed by atoms with Crippen LogP contribution in [0.3, 0.4) is 0 Å². The number of sulfonamides is 1. The van der Waals surface area contributed by atoms with E-state index in [1.54, 1.807) is 44.2 Å². The molecule has 0 fully saturated rings. The zero-order valence-electron chi connectivity index (χ0n) is 19.8. The fourth-order valence-corrected chi connectivity index (χ4v) is 4.47. The molecule has 0 aliphatic carbocycles. The van der Waals surface area contributed by atoms with Gasteiger partial charge in [0.1, 0.15) is 12.6 Å². The zero-order chi connectivity index (χ0) is 24.8. The summed E-state index contributed by atoms with van der Waals surface area (Å²) in [7, 11) is -3.77. The van der Waals surface area contributed by atoms with Crippen molar-refractivity contribution in [3.63, 3.8) is 0 Å². The van der Waals surface area contributed by atoms with Gasteiger partial charge in [0.2, 0.25) is 21.8 Å². The number of anilines is 1. The molecule has 0 saturated carbocycles. The van der Waals surface area contributed by atoms with Crippen molar-refractivity contribution in [3.05, 3.63) is 64.2 Å². The van der Waals surface area contributed by atoms with Gasteiger partial charge < -0.3 is 10.2 Å². The zero-order valence-corrected chi connectivity index (χ0v) is 21.3. The Balaban J connectivity index is 2.43. The first kappa shape index (κ1) is 26.7. The average molecular weight is 494 g/mol. The van der Waals surface area contributed by atoms with E-state index in [-0.39, 0.29) is 12.5 Å². The van der Waals surface area contributed by atoms with Crippen LogP contribution in [0.4, 0.5) is 5.69 Å². The molecule has 33 heavy (non-hydrogen) atoms. The van der Waals surface area contributed by atoms with Crippen LogP contribution in [0.1, 0.15) is 37.0 Å². The first-order valence-electron chi connectivity index (χ1n) is 10.8. The molecule has 0 radical (unpaired) electrons. The van der Waals surface area contributed by atoms with Crippen LogP contribution in [0.5, 0.6) is 0 Å². The molecule has 0 bridgehead atoms. The number of nitrogens with one attached hydrogen (secondary N) is 1. The summed E-state index contributed by atoms with van der Waals surface area (Å²) in [6.45, 7) is 7.33. The third-order valence-corrected chi connectivity index (χ3v) is 6.82. The largest absolute Gasteiger partial charge is 0.354 e. The molecule has 180 valence electrons. The molecule has 0 spiro atoms. The Morgan fingerprint density at radius 3 is 2.39 bits per heavy atom. The number of rotatable bonds is 10. The number of amides is 2. The van der Waals surface area contributed by atoms with Crippen LogP contribution >= 0.6 is 11.6 Å². The molecule has 0 saturated heterocycles. The van der Waals surface area contributed by atoms with Crippen molar-refractivity contribution in [1.82, 2.24) is 10.2 Å². The molecular formula is C24H32ClN3O4S. The van der Waals surface area contributed by atoms with E-state index in [1.165, 1.54) is 4.90 Å². The maximum absolute atomic E-state index is 13.5. The lowest BCUT2D eigenvalue weighted by atomic mass is 10.1. The highest BCUT2D eigenvalue weighted by atomic mass is 35.5. The maximum Gasteiger partial charge on any atom is 0.244 e. The molecule has 0 unspecified atom stereocenters. The summed E-state index contributed by atoms with van der Waals surface area (Å²) in [6.07, 6.45) is 1.82. The summed E-state index contributed by atoms with van der Waals surface area (Å²) < 4.78 is 26.4. The van der Waals surface area contributed by atoms with Gasteiger partial charge in [-0.3, -0.25) is 13.9 Å². The molecule has 0 aliphatic heterocycles. The van der Waals surface area contributed by atoms with Gasteiger partial charge in [-0.15, -0.1) is 0 Å². The summed E-state index contributed by atoms with van der Waals surface area (Å²) >= 11 is 6.31. The predicted octanol–water partition coefficient (Wildman–Crippen LogP) is 3.67. The van der Waals surface area contributed by atoms with Crippen LogP contribution in [-0.2, 0) is 26.2 Å². The van der Waals surface area contributed by atoms with E-state index in [0.717, 1.165) is 28.1 Å². The molecule has 2 amide bonds. The summed E-state index contributed by atoms with van der Waals surface area (Å²) in [6, 6.07) is 11.7. The Hall–Kier alpha value is -2.58. The van der Waals surface area contributed by atoms with Gasteiger partial charge in [-0.1, -0.05) is 48.9 Å². The van der Waals surface area contributed by atoms with Crippen LogP contribution < -0.4 is 9.62 Å². The second-order valence-corrected chi connectivity index (χ2v) is 10.5. The van der Waals surface area contributed by atoms with E-state index in [9.17, 15) is 18.0 Å². The van der Waals surface area contributed by atoms with Crippen molar-refractivity contribution in [1.29, 1.82) is 0 Å². The molecule has 2 aromatic carbocycles. The van der Waals surface area contributed by atoms with Gasteiger partial charge in [0, 0.05) is 18.1 Å². The van der Waals surface area contributed by atoms with Gasteiger partial charge in [-0.2, -0.15) is 0 Å². The van der Waals surface area contributed by atoms with Gasteiger partial charge in [-0.25, -0.2) is 8.42 Å².